The predicted octanol–water partition coefficient (Wildman–Crippen LogP) is 4.14. The maximum absolute atomic E-state index is 13.8. The lowest BCUT2D eigenvalue weighted by molar-refractivity contribution is -0.139. The molecule has 0 radical (unpaired) electrons. The van der Waals surface area contributed by atoms with E-state index in [1.807, 2.05) is 44.2 Å². The third-order valence-electron chi connectivity index (χ3n) is 6.04. The molecule has 0 spiro atoms. The lowest BCUT2D eigenvalue weighted by Gasteiger charge is -2.32. The van der Waals surface area contributed by atoms with Crippen molar-refractivity contribution >= 4 is 27.5 Å². The van der Waals surface area contributed by atoms with Crippen LogP contribution < -0.4 is 14.4 Å². The number of likely N-dealkylation sites (N-methyl/N-ethyl adjacent to an activating group) is 1. The number of carbonyl (C=O) groups is 2. The molecule has 8 nitrogen and oxygen atoms in total. The van der Waals surface area contributed by atoms with Crippen LogP contribution in [-0.4, -0.2) is 50.9 Å². The van der Waals surface area contributed by atoms with Crippen molar-refractivity contribution in [2.24, 2.45) is 0 Å². The molecule has 0 aliphatic heterocycles. The fourth-order valence-corrected chi connectivity index (χ4v) is 5.34. The van der Waals surface area contributed by atoms with Gasteiger partial charge in [0.15, 0.2) is 0 Å². The number of hydrogen-bond donors (Lipinski definition) is 1. The number of nitrogens with one attached hydrogen (secondary N) is 1. The molecule has 3 rings (SSSR count). The van der Waals surface area contributed by atoms with Crippen molar-refractivity contribution in [1.82, 2.24) is 10.2 Å². The third kappa shape index (κ3) is 7.13. The van der Waals surface area contributed by atoms with Crippen LogP contribution >= 0.6 is 0 Å². The Kier molecular flexibility index (Phi) is 9.90. The van der Waals surface area contributed by atoms with E-state index in [9.17, 15) is 18.0 Å². The van der Waals surface area contributed by atoms with Gasteiger partial charge >= 0.3 is 0 Å². The van der Waals surface area contributed by atoms with Gasteiger partial charge in [-0.25, -0.2) is 8.42 Å². The van der Waals surface area contributed by atoms with Gasteiger partial charge in [-0.2, -0.15) is 0 Å². The summed E-state index contributed by atoms with van der Waals surface area (Å²) >= 11 is 0. The van der Waals surface area contributed by atoms with Crippen LogP contribution in [0.5, 0.6) is 5.75 Å². The second-order valence-corrected chi connectivity index (χ2v) is 10.7. The Balaban J connectivity index is 2.00. The molecule has 3 aromatic carbocycles. The predicted molar refractivity (Wildman–Crippen MR) is 148 cm³/mol. The van der Waals surface area contributed by atoms with E-state index in [0.717, 1.165) is 15.4 Å². The first-order chi connectivity index (χ1) is 18.2. The van der Waals surface area contributed by atoms with Crippen molar-refractivity contribution in [2.45, 2.75) is 45.2 Å². The molecule has 0 fully saturated rings. The number of sulfonamides is 1. The van der Waals surface area contributed by atoms with Crippen molar-refractivity contribution in [1.29, 1.82) is 0 Å². The number of hydrogen-bond acceptors (Lipinski definition) is 5. The summed E-state index contributed by atoms with van der Waals surface area (Å²) in [5.41, 5.74) is 2.13. The van der Waals surface area contributed by atoms with Gasteiger partial charge in [-0.1, -0.05) is 48.0 Å². The van der Waals surface area contributed by atoms with Crippen molar-refractivity contribution in [3.05, 3.63) is 90.0 Å². The Morgan fingerprint density at radius 1 is 0.921 bits per heavy atom. The van der Waals surface area contributed by atoms with Crippen LogP contribution in [0.1, 0.15) is 31.9 Å². The number of rotatable bonds is 12. The van der Waals surface area contributed by atoms with Crippen LogP contribution in [0, 0.1) is 6.92 Å². The van der Waals surface area contributed by atoms with Crippen molar-refractivity contribution in [2.75, 3.05) is 24.0 Å². The molecule has 0 aliphatic carbocycles. The van der Waals surface area contributed by atoms with Gasteiger partial charge in [-0.15, -0.1) is 0 Å². The Bertz CT molecular complexity index is 1310. The number of anilines is 1. The van der Waals surface area contributed by atoms with E-state index in [0.29, 0.717) is 24.6 Å². The normalized spacial score (nSPS) is 11.9. The molecular weight excluding hydrogens is 502 g/mol. The molecule has 38 heavy (non-hydrogen) atoms. The van der Waals surface area contributed by atoms with Crippen LogP contribution in [-0.2, 0) is 26.2 Å². The average molecular weight is 538 g/mol. The topological polar surface area (TPSA) is 96.0 Å². The largest absolute Gasteiger partial charge is 0.494 e. The Hall–Kier alpha value is -3.85. The van der Waals surface area contributed by atoms with Gasteiger partial charge in [0.25, 0.3) is 10.0 Å². The smallest absolute Gasteiger partial charge is 0.264 e. The second-order valence-electron chi connectivity index (χ2n) is 8.83. The van der Waals surface area contributed by atoms with Gasteiger partial charge in [0.05, 0.1) is 17.2 Å². The van der Waals surface area contributed by atoms with Gasteiger partial charge in [-0.05, 0) is 69.7 Å². The van der Waals surface area contributed by atoms with E-state index in [2.05, 4.69) is 5.32 Å². The van der Waals surface area contributed by atoms with Gasteiger partial charge in [0.1, 0.15) is 18.3 Å². The highest BCUT2D eigenvalue weighted by Crippen LogP contribution is 2.26. The van der Waals surface area contributed by atoms with E-state index >= 15 is 0 Å². The monoisotopic (exact) mass is 537 g/mol. The standard InChI is InChI=1S/C29H35N3O5S/c1-5-30-29(34)23(4)31(20-24-10-8-7-9-11-24)28(33)21-32(25-14-12-22(3)13-15-25)38(35,36)27-18-16-26(17-19-27)37-6-2/h7-19,23H,5-6,20-21H2,1-4H3,(H,30,34)/t23-/m1/s1. The summed E-state index contributed by atoms with van der Waals surface area (Å²) in [5.74, 6) is -0.259. The number of amides is 2. The summed E-state index contributed by atoms with van der Waals surface area (Å²) in [7, 11) is -4.13. The third-order valence-corrected chi connectivity index (χ3v) is 7.83. The highest BCUT2D eigenvalue weighted by molar-refractivity contribution is 7.92. The summed E-state index contributed by atoms with van der Waals surface area (Å²) in [4.78, 5) is 28.0. The number of nitrogens with zero attached hydrogens (tertiary/aromatic N) is 2. The van der Waals surface area contributed by atoms with Crippen LogP contribution in [0.2, 0.25) is 0 Å². The molecule has 0 bridgehead atoms. The maximum atomic E-state index is 13.8. The van der Waals surface area contributed by atoms with Gasteiger partial charge in [0, 0.05) is 13.1 Å². The molecule has 1 atom stereocenters. The Morgan fingerprint density at radius 3 is 2.13 bits per heavy atom. The highest BCUT2D eigenvalue weighted by Gasteiger charge is 2.32. The van der Waals surface area contributed by atoms with E-state index < -0.39 is 28.5 Å². The second kappa shape index (κ2) is 13.1. The number of benzene rings is 3. The fourth-order valence-electron chi connectivity index (χ4n) is 3.93. The molecule has 0 unspecified atom stereocenters. The molecule has 0 saturated carbocycles. The zero-order valence-electron chi connectivity index (χ0n) is 22.3. The molecule has 0 aliphatic rings. The van der Waals surface area contributed by atoms with Crippen molar-refractivity contribution in [3.63, 3.8) is 0 Å². The maximum Gasteiger partial charge on any atom is 0.264 e. The molecule has 9 heteroatoms. The van der Waals surface area contributed by atoms with Crippen LogP contribution in [0.25, 0.3) is 0 Å². The van der Waals surface area contributed by atoms with E-state index in [1.165, 1.54) is 17.0 Å². The summed E-state index contributed by atoms with van der Waals surface area (Å²) in [6, 6.07) is 21.5. The van der Waals surface area contributed by atoms with Crippen LogP contribution in [0.15, 0.2) is 83.8 Å². The Morgan fingerprint density at radius 2 is 1.55 bits per heavy atom. The van der Waals surface area contributed by atoms with Gasteiger partial charge in [-0.3, -0.25) is 13.9 Å². The van der Waals surface area contributed by atoms with Crippen molar-refractivity contribution < 1.29 is 22.7 Å². The molecule has 202 valence electrons. The quantitative estimate of drug-likeness (QED) is 0.375. The highest BCUT2D eigenvalue weighted by atomic mass is 32.2. The zero-order valence-corrected chi connectivity index (χ0v) is 23.1. The van der Waals surface area contributed by atoms with E-state index in [1.54, 1.807) is 50.2 Å². The van der Waals surface area contributed by atoms with Crippen molar-refractivity contribution in [3.8, 4) is 5.75 Å². The van der Waals surface area contributed by atoms with E-state index in [-0.39, 0.29) is 17.3 Å². The SMILES string of the molecule is CCNC(=O)[C@@H](C)N(Cc1ccccc1)C(=O)CN(c1ccc(C)cc1)S(=O)(=O)c1ccc(OCC)cc1. The molecule has 1 N–H and O–H groups in total. The molecule has 2 amide bonds. The first-order valence-electron chi connectivity index (χ1n) is 12.6. The Labute approximate surface area is 225 Å². The molecule has 3 aromatic rings. The molecular formula is C29H35N3O5S. The van der Waals surface area contributed by atoms with Crippen LogP contribution in [0.3, 0.4) is 0 Å². The molecule has 0 aromatic heterocycles. The first kappa shape index (κ1) is 28.7. The molecule has 0 saturated heterocycles. The lowest BCUT2D eigenvalue weighted by Crippen LogP contribution is -2.51. The summed E-state index contributed by atoms with van der Waals surface area (Å²) in [5, 5.41) is 2.75. The fraction of sp³-hybridized carbons (Fsp3) is 0.310. The number of carbonyl (C=O) groups excluding carboxylic acids is 2. The zero-order chi connectivity index (χ0) is 27.7. The number of ether oxygens (including phenoxy) is 1. The van der Waals surface area contributed by atoms with E-state index in [4.69, 9.17) is 4.74 Å². The van der Waals surface area contributed by atoms with Gasteiger partial charge < -0.3 is 15.0 Å². The first-order valence-corrected chi connectivity index (χ1v) is 14.0. The minimum absolute atomic E-state index is 0.0284. The summed E-state index contributed by atoms with van der Waals surface area (Å²) in [6.07, 6.45) is 0. The minimum atomic E-state index is -4.13. The van der Waals surface area contributed by atoms with Gasteiger partial charge in [0.2, 0.25) is 11.8 Å². The lowest BCUT2D eigenvalue weighted by atomic mass is 10.1. The summed E-state index contributed by atoms with van der Waals surface area (Å²) < 4.78 is 34.2. The molecule has 0 heterocycles. The summed E-state index contributed by atoms with van der Waals surface area (Å²) in [6.45, 7) is 7.74. The number of aryl methyl sites for hydroxylation is 1. The minimum Gasteiger partial charge on any atom is -0.494 e. The van der Waals surface area contributed by atoms with Crippen LogP contribution in [0.4, 0.5) is 5.69 Å². The average Bonchev–Trinajstić information content (AvgIpc) is 2.91.